The summed E-state index contributed by atoms with van der Waals surface area (Å²) in [4.78, 5) is 30.0. The molecule has 0 unspecified atom stereocenters. The van der Waals surface area contributed by atoms with E-state index >= 15 is 0 Å². The average Bonchev–Trinajstić information content (AvgIpc) is 3.32. The van der Waals surface area contributed by atoms with Crippen LogP contribution in [-0.4, -0.2) is 29.7 Å². The summed E-state index contributed by atoms with van der Waals surface area (Å²) in [5, 5.41) is 0.936. The zero-order valence-electron chi connectivity index (χ0n) is 18.0. The Morgan fingerprint density at radius 1 is 1.16 bits per heavy atom. The Hall–Kier alpha value is -3.52. The number of hydrogen-bond donors (Lipinski definition) is 0. The monoisotopic (exact) mass is 450 g/mol. The number of ether oxygens (including phenoxy) is 2. The smallest absolute Gasteiger partial charge is 0.337 e. The molecule has 4 rings (SSSR count). The first-order valence-electron chi connectivity index (χ1n) is 9.91. The number of carbonyl (C=O) groups is 1. The minimum atomic E-state index is -0.479. The normalized spacial score (nSPS) is 11.0. The van der Waals surface area contributed by atoms with E-state index in [0.29, 0.717) is 33.1 Å². The van der Waals surface area contributed by atoms with Crippen molar-refractivity contribution in [2.45, 2.75) is 24.4 Å². The van der Waals surface area contributed by atoms with Gasteiger partial charge in [-0.2, -0.15) is 0 Å². The molecule has 164 valence electrons. The number of methoxy groups -OCH3 is 2. The quantitative estimate of drug-likeness (QED) is 0.234. The number of nitrogens with zero attached hydrogens (tertiary/aromatic N) is 2. The predicted octanol–water partition coefficient (Wildman–Crippen LogP) is 4.43. The lowest BCUT2D eigenvalue weighted by atomic mass is 10.1. The van der Waals surface area contributed by atoms with Gasteiger partial charge in [0.15, 0.2) is 5.16 Å². The number of carbonyl (C=O) groups excluding carboxylic acids is 1. The van der Waals surface area contributed by atoms with Gasteiger partial charge < -0.3 is 13.9 Å². The van der Waals surface area contributed by atoms with E-state index in [1.54, 1.807) is 42.2 Å². The molecule has 0 aliphatic rings. The van der Waals surface area contributed by atoms with E-state index in [4.69, 9.17) is 18.9 Å². The summed E-state index contributed by atoms with van der Waals surface area (Å²) in [6.45, 7) is 2.27. The predicted molar refractivity (Wildman–Crippen MR) is 122 cm³/mol. The molecule has 8 heteroatoms. The minimum absolute atomic E-state index is 0.207. The molecule has 4 aromatic rings. The van der Waals surface area contributed by atoms with E-state index < -0.39 is 5.97 Å². The van der Waals surface area contributed by atoms with Gasteiger partial charge in [-0.15, -0.1) is 0 Å². The Balaban J connectivity index is 1.79. The first-order valence-corrected chi connectivity index (χ1v) is 10.9. The molecular weight excluding hydrogens is 428 g/mol. The summed E-state index contributed by atoms with van der Waals surface area (Å²) in [6.07, 6.45) is 1.57. The summed E-state index contributed by atoms with van der Waals surface area (Å²) >= 11 is 1.42. The number of furan rings is 1. The molecule has 32 heavy (non-hydrogen) atoms. The molecular formula is C24H22N2O5S. The van der Waals surface area contributed by atoms with Crippen LogP contribution in [0.25, 0.3) is 10.9 Å². The van der Waals surface area contributed by atoms with Crippen LogP contribution in [0.15, 0.2) is 69.2 Å². The Morgan fingerprint density at radius 2 is 2.00 bits per heavy atom. The van der Waals surface area contributed by atoms with Crippen molar-refractivity contribution in [3.05, 3.63) is 87.6 Å². The number of fused-ring (bicyclic) bond motifs is 1. The molecule has 0 bridgehead atoms. The number of aryl methyl sites for hydroxylation is 1. The van der Waals surface area contributed by atoms with Crippen LogP contribution in [-0.2, 0) is 17.0 Å². The third-order valence-corrected chi connectivity index (χ3v) is 6.05. The van der Waals surface area contributed by atoms with Gasteiger partial charge in [-0.1, -0.05) is 29.5 Å². The summed E-state index contributed by atoms with van der Waals surface area (Å²) in [7, 11) is 2.95. The number of benzene rings is 2. The molecule has 2 aromatic carbocycles. The van der Waals surface area contributed by atoms with Crippen molar-refractivity contribution in [3.63, 3.8) is 0 Å². The number of rotatable bonds is 7. The molecule has 0 radical (unpaired) electrons. The average molecular weight is 451 g/mol. The second-order valence-electron chi connectivity index (χ2n) is 7.19. The van der Waals surface area contributed by atoms with Crippen molar-refractivity contribution < 1.29 is 18.7 Å². The molecule has 0 spiro atoms. The Kier molecular flexibility index (Phi) is 6.32. The lowest BCUT2D eigenvalue weighted by Gasteiger charge is -2.14. The van der Waals surface area contributed by atoms with Gasteiger partial charge in [0.25, 0.3) is 5.56 Å². The lowest BCUT2D eigenvalue weighted by molar-refractivity contribution is 0.0601. The fourth-order valence-corrected chi connectivity index (χ4v) is 4.39. The molecule has 0 N–H and O–H groups in total. The zero-order valence-corrected chi connectivity index (χ0v) is 18.8. The van der Waals surface area contributed by atoms with Crippen molar-refractivity contribution in [2.24, 2.45) is 0 Å². The number of hydrogen-bond acceptors (Lipinski definition) is 7. The highest BCUT2D eigenvalue weighted by Crippen LogP contribution is 2.29. The maximum absolute atomic E-state index is 13.3. The second kappa shape index (κ2) is 9.32. The Bertz CT molecular complexity index is 1330. The lowest BCUT2D eigenvalue weighted by Crippen LogP contribution is -2.24. The summed E-state index contributed by atoms with van der Waals surface area (Å²) in [6, 6.07) is 14.3. The van der Waals surface area contributed by atoms with E-state index in [1.807, 2.05) is 25.1 Å². The first kappa shape index (κ1) is 21.7. The maximum Gasteiger partial charge on any atom is 0.337 e. The Morgan fingerprint density at radius 3 is 2.72 bits per heavy atom. The van der Waals surface area contributed by atoms with Crippen molar-refractivity contribution in [3.8, 4) is 5.75 Å². The summed E-state index contributed by atoms with van der Waals surface area (Å²) < 4.78 is 17.3. The van der Waals surface area contributed by atoms with E-state index in [2.05, 4.69) is 6.07 Å². The molecule has 2 aromatic heterocycles. The molecule has 0 saturated carbocycles. The summed E-state index contributed by atoms with van der Waals surface area (Å²) in [5.74, 6) is 1.50. The third kappa shape index (κ3) is 4.40. The number of aromatic nitrogens is 2. The van der Waals surface area contributed by atoms with Crippen molar-refractivity contribution >= 4 is 28.6 Å². The van der Waals surface area contributed by atoms with Crippen molar-refractivity contribution in [1.82, 2.24) is 9.55 Å². The van der Waals surface area contributed by atoms with Gasteiger partial charge in [0.2, 0.25) is 0 Å². The second-order valence-corrected chi connectivity index (χ2v) is 8.14. The molecule has 0 saturated heterocycles. The van der Waals surface area contributed by atoms with E-state index in [1.165, 1.54) is 18.9 Å². The van der Waals surface area contributed by atoms with Crippen LogP contribution in [0.1, 0.15) is 27.2 Å². The van der Waals surface area contributed by atoms with Crippen LogP contribution >= 0.6 is 11.8 Å². The van der Waals surface area contributed by atoms with Crippen LogP contribution in [0, 0.1) is 6.92 Å². The van der Waals surface area contributed by atoms with Crippen LogP contribution in [0.4, 0.5) is 0 Å². The highest BCUT2D eigenvalue weighted by atomic mass is 32.2. The summed E-state index contributed by atoms with van der Waals surface area (Å²) in [5.41, 5.74) is 2.68. The SMILES string of the molecule is COC(=O)c1ccc2c(=O)n(Cc3ccco3)c(SCc3cc(C)ccc3OC)nc2c1. The van der Waals surface area contributed by atoms with Crippen LogP contribution in [0.5, 0.6) is 5.75 Å². The molecule has 0 amide bonds. The van der Waals surface area contributed by atoms with Gasteiger partial charge >= 0.3 is 5.97 Å². The standard InChI is InChI=1S/C24H22N2O5S/c1-15-6-9-21(29-2)17(11-15)14-32-24-25-20-12-16(23(28)30-3)7-8-19(20)22(27)26(24)13-18-5-4-10-31-18/h4-12H,13-14H2,1-3H3. The van der Waals surface area contributed by atoms with E-state index in [9.17, 15) is 9.59 Å². The minimum Gasteiger partial charge on any atom is -0.496 e. The van der Waals surface area contributed by atoms with Crippen molar-refractivity contribution in [1.29, 1.82) is 0 Å². The number of thioether (sulfide) groups is 1. The zero-order chi connectivity index (χ0) is 22.7. The van der Waals surface area contributed by atoms with Gasteiger partial charge in [0.1, 0.15) is 11.5 Å². The largest absolute Gasteiger partial charge is 0.496 e. The van der Waals surface area contributed by atoms with Crippen LogP contribution in [0.3, 0.4) is 0 Å². The van der Waals surface area contributed by atoms with Crippen molar-refractivity contribution in [2.75, 3.05) is 14.2 Å². The highest BCUT2D eigenvalue weighted by Gasteiger charge is 2.16. The molecule has 7 nitrogen and oxygen atoms in total. The Labute approximate surface area is 189 Å². The van der Waals surface area contributed by atoms with Gasteiger partial charge in [0.05, 0.1) is 43.5 Å². The molecule has 0 aliphatic heterocycles. The third-order valence-electron chi connectivity index (χ3n) is 5.03. The highest BCUT2D eigenvalue weighted by molar-refractivity contribution is 7.98. The first-order chi connectivity index (χ1) is 15.5. The fraction of sp³-hybridized carbons (Fsp3) is 0.208. The van der Waals surface area contributed by atoms with Crippen LogP contribution < -0.4 is 10.3 Å². The number of esters is 1. The molecule has 2 heterocycles. The van der Waals surface area contributed by atoms with Crippen LogP contribution in [0.2, 0.25) is 0 Å². The van der Waals surface area contributed by atoms with Gasteiger partial charge in [-0.25, -0.2) is 9.78 Å². The molecule has 0 fully saturated rings. The fourth-order valence-electron chi connectivity index (χ4n) is 3.42. The van der Waals surface area contributed by atoms with E-state index in [-0.39, 0.29) is 12.1 Å². The topological polar surface area (TPSA) is 83.6 Å². The van der Waals surface area contributed by atoms with E-state index in [0.717, 1.165) is 16.9 Å². The molecule has 0 atom stereocenters. The van der Waals surface area contributed by atoms with Gasteiger partial charge in [0, 0.05) is 11.3 Å². The van der Waals surface area contributed by atoms with Gasteiger partial charge in [-0.3, -0.25) is 9.36 Å². The molecule has 0 aliphatic carbocycles. The van der Waals surface area contributed by atoms with Gasteiger partial charge in [-0.05, 0) is 43.3 Å². The maximum atomic E-state index is 13.3.